The summed E-state index contributed by atoms with van der Waals surface area (Å²) in [5.74, 6) is -0.716. The molecule has 0 N–H and O–H groups in total. The first-order valence-corrected chi connectivity index (χ1v) is 15.0. The molecule has 0 fully saturated rings. The SMILES string of the molecule is COc1ccc(CCC(=O)c2c3n(c(=O)n2-c2ccc(-n4cccn4)cc2)CCN(C(=O)c2ccc(Br)c(Cl)c2)C3)c(F)c1. The predicted octanol–water partition coefficient (Wildman–Crippen LogP) is 5.86. The van der Waals surface area contributed by atoms with Gasteiger partial charge in [-0.05, 0) is 82.5 Å². The van der Waals surface area contributed by atoms with Crippen LogP contribution in [0.25, 0.3) is 11.4 Å². The molecule has 12 heteroatoms. The average Bonchev–Trinajstić information content (AvgIpc) is 3.68. The van der Waals surface area contributed by atoms with Crippen LogP contribution < -0.4 is 10.4 Å². The number of nitrogens with zero attached hydrogens (tertiary/aromatic N) is 5. The second-order valence-electron chi connectivity index (χ2n) is 10.3. The van der Waals surface area contributed by atoms with E-state index in [0.29, 0.717) is 37.8 Å². The van der Waals surface area contributed by atoms with Crippen molar-refractivity contribution in [2.45, 2.75) is 25.9 Å². The second kappa shape index (κ2) is 12.3. The van der Waals surface area contributed by atoms with Gasteiger partial charge >= 0.3 is 5.69 Å². The van der Waals surface area contributed by atoms with Gasteiger partial charge in [0.2, 0.25) is 0 Å². The lowest BCUT2D eigenvalue weighted by atomic mass is 10.0. The van der Waals surface area contributed by atoms with E-state index in [4.69, 9.17) is 16.3 Å². The molecule has 0 atom stereocenters. The van der Waals surface area contributed by atoms with Crippen LogP contribution in [0.2, 0.25) is 5.02 Å². The second-order valence-corrected chi connectivity index (χ2v) is 11.5. The number of Topliss-reactive ketones (excluding diaryl/α,β-unsaturated/α-hetero) is 1. The molecule has 0 spiro atoms. The number of benzene rings is 3. The molecule has 2 aromatic heterocycles. The molecule has 0 aliphatic carbocycles. The van der Waals surface area contributed by atoms with Crippen molar-refractivity contribution in [1.29, 1.82) is 0 Å². The number of ketones is 1. The molecule has 9 nitrogen and oxygen atoms in total. The molecule has 5 aromatic rings. The quantitative estimate of drug-likeness (QED) is 0.192. The number of methoxy groups -OCH3 is 1. The van der Waals surface area contributed by atoms with Gasteiger partial charge in [-0.15, -0.1) is 0 Å². The number of hydrogen-bond donors (Lipinski definition) is 0. The maximum atomic E-state index is 14.7. The van der Waals surface area contributed by atoms with E-state index in [1.807, 2.05) is 0 Å². The zero-order valence-electron chi connectivity index (χ0n) is 23.5. The third kappa shape index (κ3) is 5.60. The largest absolute Gasteiger partial charge is 0.497 e. The third-order valence-corrected chi connectivity index (χ3v) is 8.89. The first-order chi connectivity index (χ1) is 21.2. The summed E-state index contributed by atoms with van der Waals surface area (Å²) in [4.78, 5) is 42.9. The van der Waals surface area contributed by atoms with E-state index in [1.54, 1.807) is 87.2 Å². The highest BCUT2D eigenvalue weighted by atomic mass is 79.9. The van der Waals surface area contributed by atoms with Gasteiger partial charge < -0.3 is 9.64 Å². The van der Waals surface area contributed by atoms with E-state index in [-0.39, 0.29) is 55.6 Å². The van der Waals surface area contributed by atoms with Crippen LogP contribution in [0.1, 0.15) is 38.5 Å². The lowest BCUT2D eigenvalue weighted by molar-refractivity contribution is 0.0707. The summed E-state index contributed by atoms with van der Waals surface area (Å²) in [6, 6.07) is 18.4. The fourth-order valence-corrected chi connectivity index (χ4v) is 5.80. The minimum Gasteiger partial charge on any atom is -0.497 e. The van der Waals surface area contributed by atoms with Crippen molar-refractivity contribution < 1.29 is 18.7 Å². The standard InChI is InChI=1S/C32H26BrClFN5O4/c1-44-24-10-3-20(27(35)18-24)5-12-29(41)30-28-19-37(31(42)21-4-11-25(33)26(34)17-21)15-16-38(28)32(43)40(30)23-8-6-22(7-9-23)39-14-2-13-36-39/h2-4,6-11,13-14,17-18H,5,12,15-16,19H2,1H3. The first-order valence-electron chi connectivity index (χ1n) is 13.8. The monoisotopic (exact) mass is 677 g/mol. The van der Waals surface area contributed by atoms with Gasteiger partial charge in [0.15, 0.2) is 5.78 Å². The fraction of sp³-hybridized carbons (Fsp3) is 0.188. The van der Waals surface area contributed by atoms with Gasteiger partial charge in [-0.25, -0.2) is 13.9 Å². The van der Waals surface area contributed by atoms with Crippen LogP contribution in [0, 0.1) is 5.82 Å². The van der Waals surface area contributed by atoms with E-state index in [1.165, 1.54) is 17.7 Å². The van der Waals surface area contributed by atoms with Gasteiger partial charge in [-0.3, -0.25) is 18.7 Å². The number of rotatable bonds is 8. The summed E-state index contributed by atoms with van der Waals surface area (Å²) < 4.78 is 25.1. The van der Waals surface area contributed by atoms with E-state index in [9.17, 15) is 18.8 Å². The number of amides is 1. The number of fused-ring (bicyclic) bond motifs is 1. The number of halogens is 3. The molecule has 0 radical (unpaired) electrons. The summed E-state index contributed by atoms with van der Waals surface area (Å²) >= 11 is 9.59. The Hall–Kier alpha value is -4.48. The van der Waals surface area contributed by atoms with Gasteiger partial charge in [0.1, 0.15) is 17.3 Å². The number of carbonyl (C=O) groups is 2. The van der Waals surface area contributed by atoms with Crippen molar-refractivity contribution in [2.75, 3.05) is 13.7 Å². The minimum atomic E-state index is -0.479. The van der Waals surface area contributed by atoms with Crippen LogP contribution in [0.4, 0.5) is 4.39 Å². The highest BCUT2D eigenvalue weighted by Crippen LogP contribution is 2.27. The molecular weight excluding hydrogens is 653 g/mol. The fourth-order valence-electron chi connectivity index (χ4n) is 5.37. The number of aromatic nitrogens is 4. The molecule has 0 saturated carbocycles. The van der Waals surface area contributed by atoms with Crippen molar-refractivity contribution in [3.63, 3.8) is 0 Å². The minimum absolute atomic E-state index is 0.0398. The van der Waals surface area contributed by atoms with E-state index in [2.05, 4.69) is 21.0 Å². The normalized spacial score (nSPS) is 12.7. The molecule has 3 aromatic carbocycles. The Morgan fingerprint density at radius 1 is 1.05 bits per heavy atom. The number of aryl methyl sites for hydroxylation is 1. The first kappa shape index (κ1) is 29.6. The van der Waals surface area contributed by atoms with Crippen LogP contribution in [-0.2, 0) is 19.5 Å². The van der Waals surface area contributed by atoms with Crippen molar-refractivity contribution in [1.82, 2.24) is 23.8 Å². The smallest absolute Gasteiger partial charge is 0.333 e. The van der Waals surface area contributed by atoms with Crippen LogP contribution >= 0.6 is 27.5 Å². The van der Waals surface area contributed by atoms with Crippen molar-refractivity contribution in [2.24, 2.45) is 0 Å². The maximum Gasteiger partial charge on any atom is 0.333 e. The summed E-state index contributed by atoms with van der Waals surface area (Å²) in [5.41, 5.74) is 2.23. The molecule has 0 bridgehead atoms. The lowest BCUT2D eigenvalue weighted by Crippen LogP contribution is -2.41. The Balaban J connectivity index is 1.37. The Morgan fingerprint density at radius 3 is 2.50 bits per heavy atom. The molecule has 224 valence electrons. The van der Waals surface area contributed by atoms with Crippen molar-refractivity contribution in [3.8, 4) is 17.1 Å². The Labute approximate surface area is 265 Å². The number of carbonyl (C=O) groups excluding carboxylic acids is 2. The lowest BCUT2D eigenvalue weighted by Gasteiger charge is -2.28. The summed E-state index contributed by atoms with van der Waals surface area (Å²) in [7, 11) is 1.45. The van der Waals surface area contributed by atoms with Gasteiger partial charge in [-0.1, -0.05) is 17.7 Å². The zero-order chi connectivity index (χ0) is 31.0. The molecule has 44 heavy (non-hydrogen) atoms. The van der Waals surface area contributed by atoms with Crippen molar-refractivity contribution >= 4 is 39.2 Å². The molecular formula is C32H26BrClFN5O4. The molecule has 0 saturated heterocycles. The number of hydrogen-bond acceptors (Lipinski definition) is 5. The van der Waals surface area contributed by atoms with Crippen LogP contribution in [0.15, 0.2) is 88.4 Å². The molecule has 3 heterocycles. The maximum absolute atomic E-state index is 14.7. The molecule has 6 rings (SSSR count). The van der Waals surface area contributed by atoms with E-state index < -0.39 is 5.82 Å². The Morgan fingerprint density at radius 2 is 1.82 bits per heavy atom. The highest BCUT2D eigenvalue weighted by molar-refractivity contribution is 9.10. The third-order valence-electron chi connectivity index (χ3n) is 7.66. The van der Waals surface area contributed by atoms with Gasteiger partial charge in [0.25, 0.3) is 5.91 Å². The average molecular weight is 679 g/mol. The molecule has 1 amide bonds. The summed E-state index contributed by atoms with van der Waals surface area (Å²) in [6.07, 6.45) is 3.53. The van der Waals surface area contributed by atoms with E-state index in [0.717, 1.165) is 5.69 Å². The Bertz CT molecular complexity index is 1940. The highest BCUT2D eigenvalue weighted by Gasteiger charge is 2.32. The Kier molecular flexibility index (Phi) is 8.24. The molecule has 1 aliphatic rings. The molecule has 1 aliphatic heterocycles. The van der Waals surface area contributed by atoms with Crippen LogP contribution in [0.5, 0.6) is 5.75 Å². The summed E-state index contributed by atoms with van der Waals surface area (Å²) in [6.45, 7) is 0.514. The number of ether oxygens (including phenoxy) is 1. The van der Waals surface area contributed by atoms with Gasteiger partial charge in [0, 0.05) is 48.0 Å². The van der Waals surface area contributed by atoms with Gasteiger partial charge in [-0.2, -0.15) is 5.10 Å². The predicted molar refractivity (Wildman–Crippen MR) is 167 cm³/mol. The summed E-state index contributed by atoms with van der Waals surface area (Å²) in [5, 5.41) is 4.64. The topological polar surface area (TPSA) is 91.4 Å². The van der Waals surface area contributed by atoms with Crippen LogP contribution in [-0.4, -0.2) is 49.2 Å². The molecule has 0 unspecified atom stereocenters. The zero-order valence-corrected chi connectivity index (χ0v) is 25.9. The van der Waals surface area contributed by atoms with E-state index >= 15 is 0 Å². The van der Waals surface area contributed by atoms with Gasteiger partial charge in [0.05, 0.1) is 35.7 Å². The van der Waals surface area contributed by atoms with Crippen LogP contribution in [0.3, 0.4) is 0 Å². The van der Waals surface area contributed by atoms with Crippen molar-refractivity contribution in [3.05, 3.63) is 127 Å². The number of imidazole rings is 1.